The molecule has 0 aromatic heterocycles. The van der Waals surface area contributed by atoms with E-state index in [4.69, 9.17) is 0 Å². The molecular formula is C15H18N2O. The Balaban J connectivity index is 1.96. The van der Waals surface area contributed by atoms with E-state index in [-0.39, 0.29) is 5.91 Å². The van der Waals surface area contributed by atoms with Crippen LogP contribution >= 0.6 is 0 Å². The molecule has 18 heavy (non-hydrogen) atoms. The van der Waals surface area contributed by atoms with Gasteiger partial charge in [0.1, 0.15) is 5.54 Å². The second-order valence-electron chi connectivity index (χ2n) is 5.11. The fourth-order valence-electron chi connectivity index (χ4n) is 2.45. The molecule has 0 spiro atoms. The van der Waals surface area contributed by atoms with Gasteiger partial charge in [-0.1, -0.05) is 29.8 Å². The molecule has 1 N–H and O–H groups in total. The molecule has 1 aliphatic carbocycles. The van der Waals surface area contributed by atoms with Crippen LogP contribution in [-0.4, -0.2) is 11.4 Å². The van der Waals surface area contributed by atoms with Gasteiger partial charge in [0.15, 0.2) is 0 Å². The van der Waals surface area contributed by atoms with Crippen LogP contribution in [0.3, 0.4) is 0 Å². The Bertz CT molecular complexity index is 464. The molecule has 0 atom stereocenters. The zero-order valence-electron chi connectivity index (χ0n) is 10.7. The van der Waals surface area contributed by atoms with Crippen molar-refractivity contribution in [3.05, 3.63) is 35.4 Å². The molecule has 1 aromatic carbocycles. The lowest BCUT2D eigenvalue weighted by molar-refractivity contribution is -0.121. The Morgan fingerprint density at radius 1 is 1.33 bits per heavy atom. The molecule has 0 bridgehead atoms. The van der Waals surface area contributed by atoms with Gasteiger partial charge in [-0.2, -0.15) is 5.26 Å². The van der Waals surface area contributed by atoms with E-state index in [2.05, 4.69) is 11.4 Å². The molecule has 2 rings (SSSR count). The van der Waals surface area contributed by atoms with Gasteiger partial charge in [-0.3, -0.25) is 4.79 Å². The van der Waals surface area contributed by atoms with Crippen LogP contribution in [-0.2, 0) is 11.2 Å². The third-order valence-electron chi connectivity index (χ3n) is 3.54. The highest BCUT2D eigenvalue weighted by molar-refractivity contribution is 5.79. The van der Waals surface area contributed by atoms with E-state index < -0.39 is 5.54 Å². The minimum Gasteiger partial charge on any atom is -0.338 e. The summed E-state index contributed by atoms with van der Waals surface area (Å²) in [6.07, 6.45) is 3.97. The molecule has 1 amide bonds. The van der Waals surface area contributed by atoms with Gasteiger partial charge in [-0.05, 0) is 38.2 Å². The lowest BCUT2D eigenvalue weighted by Crippen LogP contribution is -2.45. The van der Waals surface area contributed by atoms with Crippen molar-refractivity contribution in [3.8, 4) is 6.07 Å². The van der Waals surface area contributed by atoms with Crippen LogP contribution in [0.2, 0.25) is 0 Å². The first-order valence-electron chi connectivity index (χ1n) is 6.41. The summed E-state index contributed by atoms with van der Waals surface area (Å²) < 4.78 is 0. The highest BCUT2D eigenvalue weighted by atomic mass is 16.1. The third-order valence-corrected chi connectivity index (χ3v) is 3.54. The van der Waals surface area contributed by atoms with Crippen LogP contribution in [0, 0.1) is 18.3 Å². The van der Waals surface area contributed by atoms with E-state index in [9.17, 15) is 10.1 Å². The van der Waals surface area contributed by atoms with Crippen LogP contribution in [0.1, 0.15) is 36.8 Å². The van der Waals surface area contributed by atoms with E-state index in [1.807, 2.05) is 31.2 Å². The zero-order chi connectivity index (χ0) is 13.0. The summed E-state index contributed by atoms with van der Waals surface area (Å²) in [5.74, 6) is -0.0534. The zero-order valence-corrected chi connectivity index (χ0v) is 10.7. The van der Waals surface area contributed by atoms with Gasteiger partial charge in [0.25, 0.3) is 0 Å². The Morgan fingerprint density at radius 2 is 1.94 bits per heavy atom. The van der Waals surface area contributed by atoms with Crippen LogP contribution in [0.25, 0.3) is 0 Å². The van der Waals surface area contributed by atoms with E-state index in [0.29, 0.717) is 6.42 Å². The number of nitrogens with one attached hydrogen (secondary N) is 1. The summed E-state index contributed by atoms with van der Waals surface area (Å²) in [7, 11) is 0. The average molecular weight is 242 g/mol. The van der Waals surface area contributed by atoms with E-state index in [1.54, 1.807) is 0 Å². The van der Waals surface area contributed by atoms with E-state index in [0.717, 1.165) is 31.2 Å². The van der Waals surface area contributed by atoms with Crippen molar-refractivity contribution in [1.82, 2.24) is 5.32 Å². The number of aryl methyl sites for hydroxylation is 1. The number of nitrogens with zero attached hydrogens (tertiary/aromatic N) is 1. The average Bonchev–Trinajstić information content (AvgIpc) is 2.81. The molecular weight excluding hydrogens is 224 g/mol. The molecule has 0 aliphatic heterocycles. The van der Waals surface area contributed by atoms with Crippen LogP contribution in [0.15, 0.2) is 24.3 Å². The Hall–Kier alpha value is -1.82. The van der Waals surface area contributed by atoms with Crippen molar-refractivity contribution >= 4 is 5.91 Å². The Morgan fingerprint density at radius 3 is 2.50 bits per heavy atom. The van der Waals surface area contributed by atoms with E-state index >= 15 is 0 Å². The predicted molar refractivity (Wildman–Crippen MR) is 69.8 cm³/mol. The molecule has 1 saturated carbocycles. The van der Waals surface area contributed by atoms with E-state index in [1.165, 1.54) is 5.56 Å². The fraction of sp³-hybridized carbons (Fsp3) is 0.467. The highest BCUT2D eigenvalue weighted by Crippen LogP contribution is 2.28. The minimum absolute atomic E-state index is 0.0534. The molecule has 0 saturated heterocycles. The SMILES string of the molecule is Cc1ccc(CC(=O)NC2(C#N)CCCC2)cc1. The number of hydrogen-bond donors (Lipinski definition) is 1. The van der Waals surface area contributed by atoms with Crippen molar-refractivity contribution in [3.63, 3.8) is 0 Å². The molecule has 3 heteroatoms. The molecule has 94 valence electrons. The molecule has 0 radical (unpaired) electrons. The van der Waals surface area contributed by atoms with Gasteiger partial charge in [0, 0.05) is 0 Å². The Labute approximate surface area is 108 Å². The molecule has 1 aliphatic rings. The summed E-state index contributed by atoms with van der Waals surface area (Å²) >= 11 is 0. The van der Waals surface area contributed by atoms with Gasteiger partial charge in [-0.25, -0.2) is 0 Å². The maximum atomic E-state index is 12.0. The smallest absolute Gasteiger partial charge is 0.225 e. The number of benzene rings is 1. The van der Waals surface area contributed by atoms with Crippen molar-refractivity contribution in [1.29, 1.82) is 5.26 Å². The maximum absolute atomic E-state index is 12.0. The van der Waals surface area contributed by atoms with Crippen molar-refractivity contribution < 1.29 is 4.79 Å². The molecule has 1 fully saturated rings. The number of nitriles is 1. The minimum atomic E-state index is -0.609. The summed E-state index contributed by atoms with van der Waals surface area (Å²) in [6, 6.07) is 10.2. The molecule has 0 unspecified atom stereocenters. The van der Waals surface area contributed by atoms with Gasteiger partial charge in [0.05, 0.1) is 12.5 Å². The number of rotatable bonds is 3. The first kappa shape index (κ1) is 12.6. The van der Waals surface area contributed by atoms with Crippen molar-refractivity contribution in [2.24, 2.45) is 0 Å². The van der Waals surface area contributed by atoms with Crippen molar-refractivity contribution in [2.75, 3.05) is 0 Å². The molecule has 1 aromatic rings. The van der Waals surface area contributed by atoms with Crippen LogP contribution in [0.5, 0.6) is 0 Å². The molecule has 0 heterocycles. The third kappa shape index (κ3) is 2.89. The fourth-order valence-corrected chi connectivity index (χ4v) is 2.45. The number of amides is 1. The number of hydrogen-bond acceptors (Lipinski definition) is 2. The second-order valence-corrected chi connectivity index (χ2v) is 5.11. The van der Waals surface area contributed by atoms with Gasteiger partial charge in [-0.15, -0.1) is 0 Å². The van der Waals surface area contributed by atoms with Gasteiger partial charge >= 0.3 is 0 Å². The molecule has 3 nitrogen and oxygen atoms in total. The maximum Gasteiger partial charge on any atom is 0.225 e. The summed E-state index contributed by atoms with van der Waals surface area (Å²) in [6.45, 7) is 2.02. The quantitative estimate of drug-likeness (QED) is 0.885. The predicted octanol–water partition coefficient (Wildman–Crippen LogP) is 2.49. The first-order chi connectivity index (χ1) is 8.63. The number of carbonyl (C=O) groups excluding carboxylic acids is 1. The highest BCUT2D eigenvalue weighted by Gasteiger charge is 2.35. The van der Waals surface area contributed by atoms with Crippen LogP contribution < -0.4 is 5.32 Å². The normalized spacial score (nSPS) is 17.1. The number of carbonyl (C=O) groups is 1. The second kappa shape index (κ2) is 5.22. The van der Waals surface area contributed by atoms with Crippen LogP contribution in [0.4, 0.5) is 0 Å². The summed E-state index contributed by atoms with van der Waals surface area (Å²) in [4.78, 5) is 12.0. The largest absolute Gasteiger partial charge is 0.338 e. The van der Waals surface area contributed by atoms with Crippen molar-refractivity contribution in [2.45, 2.75) is 44.6 Å². The van der Waals surface area contributed by atoms with Gasteiger partial charge < -0.3 is 5.32 Å². The lowest BCUT2D eigenvalue weighted by Gasteiger charge is -2.21. The monoisotopic (exact) mass is 242 g/mol. The summed E-state index contributed by atoms with van der Waals surface area (Å²) in [5, 5.41) is 12.1. The summed E-state index contributed by atoms with van der Waals surface area (Å²) in [5.41, 5.74) is 1.56. The standard InChI is InChI=1S/C15H18N2O/c1-12-4-6-13(7-5-12)10-14(18)17-15(11-16)8-2-3-9-15/h4-7H,2-3,8-10H2,1H3,(H,17,18). The Kier molecular flexibility index (Phi) is 3.66. The van der Waals surface area contributed by atoms with Gasteiger partial charge in [0.2, 0.25) is 5.91 Å². The lowest BCUT2D eigenvalue weighted by atomic mass is 9.99. The first-order valence-corrected chi connectivity index (χ1v) is 6.41. The topological polar surface area (TPSA) is 52.9 Å².